The summed E-state index contributed by atoms with van der Waals surface area (Å²) in [6, 6.07) is 0. The molecule has 1 saturated heterocycles. The van der Waals surface area contributed by atoms with Crippen LogP contribution >= 0.6 is 0 Å². The average Bonchev–Trinajstić information content (AvgIpc) is 2.13. The molecule has 0 amide bonds. The van der Waals surface area contributed by atoms with Crippen molar-refractivity contribution >= 4 is 0 Å². The molecule has 5 atom stereocenters. The molecule has 0 aromatic carbocycles. The van der Waals surface area contributed by atoms with E-state index in [0.29, 0.717) is 0 Å². The molecule has 1 aliphatic rings. The fraction of sp³-hybridized carbons (Fsp3) is 1.00. The van der Waals surface area contributed by atoms with E-state index in [9.17, 15) is 19.7 Å². The number of alkyl halides is 1. The maximum absolute atomic E-state index is 12.5. The van der Waals surface area contributed by atoms with Gasteiger partial charge in [-0.3, -0.25) is 0 Å². The van der Waals surface area contributed by atoms with Gasteiger partial charge in [0.25, 0.3) is 0 Å². The molecule has 0 aromatic heterocycles. The van der Waals surface area contributed by atoms with Crippen LogP contribution in [0.3, 0.4) is 0 Å². The van der Waals surface area contributed by atoms with Gasteiger partial charge in [0.05, 0.1) is 6.10 Å². The predicted molar refractivity (Wildman–Crippen MR) is 52.1 cm³/mol. The van der Waals surface area contributed by atoms with Crippen LogP contribution in [0.25, 0.3) is 0 Å². The largest absolute Gasteiger partial charge is 0.388 e. The van der Waals surface area contributed by atoms with Gasteiger partial charge in [0, 0.05) is 0 Å². The van der Waals surface area contributed by atoms with Crippen molar-refractivity contribution in [1.29, 1.82) is 0 Å². The molecule has 4 nitrogen and oxygen atoms in total. The summed E-state index contributed by atoms with van der Waals surface area (Å²) in [7, 11) is 0. The second kappa shape index (κ2) is 4.33. The molecule has 1 aliphatic heterocycles. The van der Waals surface area contributed by atoms with Crippen molar-refractivity contribution in [2.45, 2.75) is 51.3 Å². The van der Waals surface area contributed by atoms with E-state index in [2.05, 4.69) is 0 Å². The number of ether oxygens (including phenoxy) is 1. The van der Waals surface area contributed by atoms with E-state index in [4.69, 9.17) is 4.74 Å². The Morgan fingerprint density at radius 3 is 2.00 bits per heavy atom. The van der Waals surface area contributed by atoms with Crippen LogP contribution in [-0.4, -0.2) is 52.5 Å². The SMILES string of the molecule is CC(C)(C)[C@@H]1O[C@H](CF)[C@H](O)[C@H](O)[C@H]1O. The topological polar surface area (TPSA) is 69.9 Å². The van der Waals surface area contributed by atoms with Crippen LogP contribution in [0.4, 0.5) is 4.39 Å². The van der Waals surface area contributed by atoms with Gasteiger partial charge >= 0.3 is 0 Å². The molecular formula is C10H19FO4. The van der Waals surface area contributed by atoms with Crippen molar-refractivity contribution in [1.82, 2.24) is 0 Å². The molecule has 5 heteroatoms. The highest BCUT2D eigenvalue weighted by atomic mass is 19.1. The third kappa shape index (κ3) is 2.47. The van der Waals surface area contributed by atoms with Crippen molar-refractivity contribution in [3.05, 3.63) is 0 Å². The molecule has 0 radical (unpaired) electrons. The van der Waals surface area contributed by atoms with Gasteiger partial charge in [0.1, 0.15) is 31.1 Å². The molecule has 15 heavy (non-hydrogen) atoms. The first-order chi connectivity index (χ1) is 6.79. The average molecular weight is 222 g/mol. The lowest BCUT2D eigenvalue weighted by molar-refractivity contribution is -0.246. The molecule has 0 aliphatic carbocycles. The van der Waals surface area contributed by atoms with Gasteiger partial charge in [-0.25, -0.2) is 4.39 Å². The minimum absolute atomic E-state index is 0.423. The van der Waals surface area contributed by atoms with Crippen LogP contribution in [0, 0.1) is 5.41 Å². The van der Waals surface area contributed by atoms with Crippen molar-refractivity contribution < 1.29 is 24.4 Å². The van der Waals surface area contributed by atoms with Crippen molar-refractivity contribution in [2.24, 2.45) is 5.41 Å². The van der Waals surface area contributed by atoms with E-state index in [1.807, 2.05) is 20.8 Å². The highest BCUT2D eigenvalue weighted by Gasteiger charge is 2.47. The Morgan fingerprint density at radius 2 is 1.60 bits per heavy atom. The summed E-state index contributed by atoms with van der Waals surface area (Å²) in [6.07, 6.45) is -5.67. The number of aliphatic hydroxyl groups excluding tert-OH is 3. The van der Waals surface area contributed by atoms with Gasteiger partial charge in [-0.2, -0.15) is 0 Å². The van der Waals surface area contributed by atoms with E-state index in [1.165, 1.54) is 0 Å². The van der Waals surface area contributed by atoms with Crippen LogP contribution in [0.1, 0.15) is 20.8 Å². The summed E-state index contributed by atoms with van der Waals surface area (Å²) in [5.41, 5.74) is -0.423. The molecule has 0 spiro atoms. The summed E-state index contributed by atoms with van der Waals surface area (Å²) in [6.45, 7) is 4.58. The van der Waals surface area contributed by atoms with Gasteiger partial charge in [-0.1, -0.05) is 20.8 Å². The molecule has 0 aromatic rings. The molecule has 1 fully saturated rings. The maximum atomic E-state index is 12.5. The smallest absolute Gasteiger partial charge is 0.118 e. The van der Waals surface area contributed by atoms with E-state index < -0.39 is 42.6 Å². The van der Waals surface area contributed by atoms with Crippen LogP contribution in [0.2, 0.25) is 0 Å². The summed E-state index contributed by atoms with van der Waals surface area (Å²) < 4.78 is 17.8. The summed E-state index contributed by atoms with van der Waals surface area (Å²) >= 11 is 0. The zero-order valence-electron chi connectivity index (χ0n) is 9.22. The summed E-state index contributed by atoms with van der Waals surface area (Å²) in [4.78, 5) is 0. The van der Waals surface area contributed by atoms with Crippen molar-refractivity contribution in [3.63, 3.8) is 0 Å². The fourth-order valence-electron chi connectivity index (χ4n) is 1.79. The Morgan fingerprint density at radius 1 is 1.07 bits per heavy atom. The van der Waals surface area contributed by atoms with E-state index >= 15 is 0 Å². The normalized spacial score (nSPS) is 43.0. The standard InChI is InChI=1S/C10H19FO4/c1-10(2,3)9-8(14)7(13)6(12)5(4-11)15-9/h5-9,12-14H,4H2,1-3H3/t5-,6+,7+,8-,9-/m1/s1. The van der Waals surface area contributed by atoms with Gasteiger partial charge in [-0.05, 0) is 5.41 Å². The van der Waals surface area contributed by atoms with Gasteiger partial charge in [0.15, 0.2) is 0 Å². The van der Waals surface area contributed by atoms with E-state index in [0.717, 1.165) is 0 Å². The van der Waals surface area contributed by atoms with Crippen molar-refractivity contribution in [2.75, 3.05) is 6.67 Å². The molecule has 3 N–H and O–H groups in total. The first-order valence-corrected chi connectivity index (χ1v) is 5.04. The number of halogens is 1. The summed E-state index contributed by atoms with van der Waals surface area (Å²) in [5.74, 6) is 0. The number of rotatable bonds is 1. The minimum Gasteiger partial charge on any atom is -0.388 e. The Hall–Kier alpha value is -0.230. The van der Waals surface area contributed by atoms with Gasteiger partial charge in [-0.15, -0.1) is 0 Å². The fourth-order valence-corrected chi connectivity index (χ4v) is 1.79. The Kier molecular flexibility index (Phi) is 3.71. The Balaban J connectivity index is 2.83. The first kappa shape index (κ1) is 12.8. The van der Waals surface area contributed by atoms with Crippen LogP contribution in [0.5, 0.6) is 0 Å². The van der Waals surface area contributed by atoms with E-state index in [-0.39, 0.29) is 0 Å². The van der Waals surface area contributed by atoms with Crippen molar-refractivity contribution in [3.8, 4) is 0 Å². The quantitative estimate of drug-likeness (QED) is 0.577. The molecule has 1 rings (SSSR count). The lowest BCUT2D eigenvalue weighted by Gasteiger charge is -2.45. The second-order valence-corrected chi connectivity index (χ2v) is 5.09. The third-order valence-electron chi connectivity index (χ3n) is 2.72. The van der Waals surface area contributed by atoms with Crippen LogP contribution in [0.15, 0.2) is 0 Å². The molecule has 90 valence electrons. The summed E-state index contributed by atoms with van der Waals surface area (Å²) in [5, 5.41) is 28.7. The van der Waals surface area contributed by atoms with E-state index in [1.54, 1.807) is 0 Å². The molecule has 0 unspecified atom stereocenters. The highest BCUT2D eigenvalue weighted by Crippen LogP contribution is 2.32. The van der Waals surface area contributed by atoms with Crippen LogP contribution < -0.4 is 0 Å². The monoisotopic (exact) mass is 222 g/mol. The Bertz CT molecular complexity index is 214. The number of hydrogen-bond acceptors (Lipinski definition) is 4. The zero-order valence-corrected chi connectivity index (χ0v) is 9.22. The first-order valence-electron chi connectivity index (χ1n) is 5.04. The Labute approximate surface area is 88.7 Å². The second-order valence-electron chi connectivity index (χ2n) is 5.09. The molecular weight excluding hydrogens is 203 g/mol. The van der Waals surface area contributed by atoms with Crippen LogP contribution in [-0.2, 0) is 4.74 Å². The lowest BCUT2D eigenvalue weighted by atomic mass is 9.80. The predicted octanol–water partition coefficient (Wildman–Crippen LogP) is -0.148. The molecule has 0 bridgehead atoms. The maximum Gasteiger partial charge on any atom is 0.118 e. The third-order valence-corrected chi connectivity index (χ3v) is 2.72. The van der Waals surface area contributed by atoms with Gasteiger partial charge in [0.2, 0.25) is 0 Å². The number of hydrogen-bond donors (Lipinski definition) is 3. The minimum atomic E-state index is -1.37. The molecule has 1 heterocycles. The highest BCUT2D eigenvalue weighted by molar-refractivity contribution is 4.96. The zero-order chi connectivity index (χ0) is 11.8. The number of aliphatic hydroxyl groups is 3. The lowest BCUT2D eigenvalue weighted by Crippen LogP contribution is -2.61. The molecule has 0 saturated carbocycles. The van der Waals surface area contributed by atoms with Gasteiger partial charge < -0.3 is 20.1 Å².